The molecule has 1 aromatic rings. The summed E-state index contributed by atoms with van der Waals surface area (Å²) in [6.07, 6.45) is 3.47. The van der Waals surface area contributed by atoms with E-state index >= 15 is 0 Å². The normalized spacial score (nSPS) is 25.5. The lowest BCUT2D eigenvalue weighted by atomic mass is 9.99. The van der Waals surface area contributed by atoms with Crippen molar-refractivity contribution in [1.29, 1.82) is 0 Å². The number of carbonyl (C=O) groups is 3. The molecule has 11 nitrogen and oxygen atoms in total. The molecule has 30 heavy (non-hydrogen) atoms. The van der Waals surface area contributed by atoms with E-state index in [1.807, 2.05) is 0 Å². The van der Waals surface area contributed by atoms with Crippen molar-refractivity contribution in [2.45, 2.75) is 23.9 Å². The lowest BCUT2D eigenvalue weighted by molar-refractivity contribution is -0.150. The molecular formula is C17H17N5O6S2. The summed E-state index contributed by atoms with van der Waals surface area (Å²) in [6, 6.07) is -0.904. The van der Waals surface area contributed by atoms with Crippen LogP contribution < -0.4 is 11.1 Å². The van der Waals surface area contributed by atoms with Crippen LogP contribution in [0.25, 0.3) is 0 Å². The lowest BCUT2D eigenvalue weighted by Crippen LogP contribution is -2.71. The number of rotatable bonds is 6. The fourth-order valence-electron chi connectivity index (χ4n) is 3.40. The van der Waals surface area contributed by atoms with Crippen molar-refractivity contribution in [3.8, 4) is 0 Å². The van der Waals surface area contributed by atoms with Crippen molar-refractivity contribution in [1.82, 2.24) is 15.2 Å². The zero-order chi connectivity index (χ0) is 21.4. The van der Waals surface area contributed by atoms with Crippen molar-refractivity contribution in [3.63, 3.8) is 0 Å². The van der Waals surface area contributed by atoms with Gasteiger partial charge in [0.15, 0.2) is 10.8 Å². The average Bonchev–Trinajstić information content (AvgIpc) is 3.40. The number of carboxylic acid groups (broad SMARTS) is 1. The van der Waals surface area contributed by atoms with Gasteiger partial charge in [0, 0.05) is 23.1 Å². The molecule has 0 aliphatic carbocycles. The highest BCUT2D eigenvalue weighted by molar-refractivity contribution is 8.00. The van der Waals surface area contributed by atoms with Gasteiger partial charge >= 0.3 is 5.97 Å². The number of oxime groups is 1. The van der Waals surface area contributed by atoms with Crippen molar-refractivity contribution in [2.24, 2.45) is 5.16 Å². The maximum atomic E-state index is 12.8. The van der Waals surface area contributed by atoms with E-state index in [0.29, 0.717) is 17.7 Å². The lowest BCUT2D eigenvalue weighted by Gasteiger charge is -2.49. The number of β-lactam (4-membered cyclic amide) rings is 1. The number of hydrogen-bond acceptors (Lipinski definition) is 10. The van der Waals surface area contributed by atoms with Gasteiger partial charge in [-0.3, -0.25) is 14.5 Å². The van der Waals surface area contributed by atoms with Gasteiger partial charge in [0.25, 0.3) is 11.8 Å². The van der Waals surface area contributed by atoms with Crippen LogP contribution in [0.3, 0.4) is 0 Å². The van der Waals surface area contributed by atoms with E-state index in [4.69, 9.17) is 15.3 Å². The number of amides is 2. The smallest absolute Gasteiger partial charge is 0.352 e. The highest BCUT2D eigenvalue weighted by Crippen LogP contribution is 2.42. The van der Waals surface area contributed by atoms with E-state index in [0.717, 1.165) is 11.3 Å². The number of thioether (sulfide) groups is 1. The maximum absolute atomic E-state index is 12.8. The number of nitrogens with one attached hydrogen (secondary N) is 1. The molecule has 0 aromatic carbocycles. The Kier molecular flexibility index (Phi) is 5.39. The molecule has 1 fully saturated rings. The van der Waals surface area contributed by atoms with Crippen LogP contribution in [0.2, 0.25) is 0 Å². The fraction of sp³-hybridized carbons (Fsp3) is 0.353. The van der Waals surface area contributed by atoms with Crippen LogP contribution in [0.1, 0.15) is 12.1 Å². The number of anilines is 1. The summed E-state index contributed by atoms with van der Waals surface area (Å²) in [5, 5.41) is 17.3. The molecule has 1 saturated heterocycles. The number of nitrogen functional groups attached to an aromatic ring is 1. The number of thiazole rings is 1. The van der Waals surface area contributed by atoms with Gasteiger partial charge in [0.1, 0.15) is 36.0 Å². The van der Waals surface area contributed by atoms with Gasteiger partial charge in [-0.15, -0.1) is 23.1 Å². The number of hydrogen-bond donors (Lipinski definition) is 3. The first-order chi connectivity index (χ1) is 14.4. The molecule has 2 amide bonds. The second kappa shape index (κ2) is 7.99. The Hall–Kier alpha value is -3.06. The van der Waals surface area contributed by atoms with Crippen molar-refractivity contribution >= 4 is 51.7 Å². The van der Waals surface area contributed by atoms with E-state index in [2.05, 4.69) is 15.5 Å². The van der Waals surface area contributed by atoms with Crippen LogP contribution in [-0.4, -0.2) is 68.9 Å². The summed E-state index contributed by atoms with van der Waals surface area (Å²) in [7, 11) is 1.28. The van der Waals surface area contributed by atoms with Crippen LogP contribution in [0, 0.1) is 0 Å². The summed E-state index contributed by atoms with van der Waals surface area (Å²) in [5.74, 6) is -2.02. The second-order valence-corrected chi connectivity index (χ2v) is 8.46. The van der Waals surface area contributed by atoms with E-state index in [9.17, 15) is 19.5 Å². The number of fused-ring (bicyclic) bond motifs is 1. The van der Waals surface area contributed by atoms with E-state index < -0.39 is 35.3 Å². The third-order valence-electron chi connectivity index (χ3n) is 4.73. The third kappa shape index (κ3) is 3.39. The SMILES string of the molecule is CO/N=C(\C(=O)N[C@@H]1C(=O)N2C(C(=O)O)=C([C@@H]3CC=CO3)CS[C@H]12)c1csc(N)n1. The highest BCUT2D eigenvalue weighted by atomic mass is 32.2. The predicted molar refractivity (Wildman–Crippen MR) is 108 cm³/mol. The molecular weight excluding hydrogens is 434 g/mol. The summed E-state index contributed by atoms with van der Waals surface area (Å²) in [4.78, 5) is 47.3. The van der Waals surface area contributed by atoms with Gasteiger partial charge in [-0.05, 0) is 6.08 Å². The molecule has 3 atom stereocenters. The average molecular weight is 451 g/mol. The summed E-state index contributed by atoms with van der Waals surface area (Å²) in [5.41, 5.74) is 6.17. The minimum absolute atomic E-state index is 0.0824. The second-order valence-electron chi connectivity index (χ2n) is 6.47. The number of aromatic nitrogens is 1. The minimum Gasteiger partial charge on any atom is -0.494 e. The zero-order valence-corrected chi connectivity index (χ0v) is 17.2. The largest absolute Gasteiger partial charge is 0.494 e. The molecule has 13 heteroatoms. The zero-order valence-electron chi connectivity index (χ0n) is 15.6. The van der Waals surface area contributed by atoms with Gasteiger partial charge in [-0.1, -0.05) is 5.16 Å². The Labute approximate surface area is 178 Å². The van der Waals surface area contributed by atoms with Gasteiger partial charge in [0.05, 0.1) is 6.26 Å². The predicted octanol–water partition coefficient (Wildman–Crippen LogP) is 0.117. The molecule has 0 saturated carbocycles. The molecule has 3 aliphatic heterocycles. The van der Waals surface area contributed by atoms with E-state index in [-0.39, 0.29) is 22.2 Å². The molecule has 0 unspecified atom stereocenters. The van der Waals surface area contributed by atoms with Gasteiger partial charge < -0.3 is 25.7 Å². The Balaban J connectivity index is 1.53. The van der Waals surface area contributed by atoms with Gasteiger partial charge in [0.2, 0.25) is 0 Å². The van der Waals surface area contributed by atoms with Crippen LogP contribution in [-0.2, 0) is 24.0 Å². The molecule has 158 valence electrons. The van der Waals surface area contributed by atoms with Crippen molar-refractivity contribution in [3.05, 3.63) is 34.7 Å². The number of ether oxygens (including phenoxy) is 1. The first-order valence-electron chi connectivity index (χ1n) is 8.77. The number of carbonyl (C=O) groups excluding carboxylic acids is 2. The van der Waals surface area contributed by atoms with E-state index in [1.165, 1.54) is 30.0 Å². The molecule has 4 N–H and O–H groups in total. The van der Waals surface area contributed by atoms with Crippen LogP contribution in [0.4, 0.5) is 5.13 Å². The quantitative estimate of drug-likeness (QED) is 0.310. The van der Waals surface area contributed by atoms with Crippen molar-refractivity contribution < 1.29 is 29.1 Å². The molecule has 1 aromatic heterocycles. The maximum Gasteiger partial charge on any atom is 0.352 e. The summed E-state index contributed by atoms with van der Waals surface area (Å²) in [6.45, 7) is 0. The highest BCUT2D eigenvalue weighted by Gasteiger charge is 2.55. The molecule has 4 heterocycles. The number of aliphatic carboxylic acids is 1. The summed E-state index contributed by atoms with van der Waals surface area (Å²) < 4.78 is 5.45. The first kappa shape index (κ1) is 20.2. The molecule has 0 radical (unpaired) electrons. The number of nitrogens with zero attached hydrogens (tertiary/aromatic N) is 3. The molecule has 0 spiro atoms. The fourth-order valence-corrected chi connectivity index (χ4v) is 5.36. The monoisotopic (exact) mass is 451 g/mol. The molecule has 3 aliphatic rings. The van der Waals surface area contributed by atoms with E-state index in [1.54, 1.807) is 11.5 Å². The third-order valence-corrected chi connectivity index (χ3v) is 6.70. The van der Waals surface area contributed by atoms with Gasteiger partial charge in [-0.2, -0.15) is 0 Å². The Morgan fingerprint density at radius 3 is 2.90 bits per heavy atom. The summed E-state index contributed by atoms with van der Waals surface area (Å²) >= 11 is 2.50. The standard InChI is InChI=1S/C17H17N5O6S2/c1-27-21-10(8-6-30-17(18)19-8)13(23)20-11-14(24)22-12(16(25)26)7(5-29-15(11)22)9-3-2-4-28-9/h2,4,6,9,11,15H,3,5H2,1H3,(H2,18,19)(H,20,23)(H,25,26)/b21-10-/t9-,11+,15+/m0/s1. The van der Waals surface area contributed by atoms with Crippen LogP contribution in [0.5, 0.6) is 0 Å². The topological polar surface area (TPSA) is 156 Å². The van der Waals surface area contributed by atoms with Crippen LogP contribution >= 0.6 is 23.1 Å². The van der Waals surface area contributed by atoms with Gasteiger partial charge in [-0.25, -0.2) is 9.78 Å². The van der Waals surface area contributed by atoms with Crippen LogP contribution in [0.15, 0.2) is 34.1 Å². The molecule has 4 rings (SSSR count). The Morgan fingerprint density at radius 2 is 2.30 bits per heavy atom. The minimum atomic E-state index is -1.21. The Morgan fingerprint density at radius 1 is 1.50 bits per heavy atom. The first-order valence-corrected chi connectivity index (χ1v) is 10.7. The number of nitrogens with two attached hydrogens (primary N) is 1. The Bertz CT molecular complexity index is 995. The molecule has 0 bridgehead atoms. The van der Waals surface area contributed by atoms with Crippen molar-refractivity contribution in [2.75, 3.05) is 18.6 Å². The number of carboxylic acids is 1.